The highest BCUT2D eigenvalue weighted by atomic mass is 16.7. The van der Waals surface area contributed by atoms with E-state index in [1.165, 1.54) is 13.3 Å². The van der Waals surface area contributed by atoms with E-state index in [0.29, 0.717) is 22.8 Å². The van der Waals surface area contributed by atoms with Crippen LogP contribution in [0.3, 0.4) is 0 Å². The Morgan fingerprint density at radius 1 is 1.50 bits per heavy atom. The molecule has 2 rings (SSSR count). The fraction of sp³-hybridized carbons (Fsp3) is 0.222. The lowest BCUT2D eigenvalue weighted by Gasteiger charge is -2.04. The number of fused-ring (bicyclic) bond motifs is 1. The molecule has 74 valence electrons. The normalized spacial score (nSPS) is 13.5. The zero-order valence-electron chi connectivity index (χ0n) is 7.56. The van der Waals surface area contributed by atoms with E-state index in [2.05, 4.69) is 5.16 Å². The molecule has 1 aliphatic heterocycles. The molecular weight excluding hydrogens is 186 g/mol. The SMILES string of the molecule is COc1cc(/C=N\O)cc2c1OCO2. The molecular formula is C9H9NO4. The summed E-state index contributed by atoms with van der Waals surface area (Å²) in [5, 5.41) is 11.3. The Labute approximate surface area is 80.5 Å². The van der Waals surface area contributed by atoms with Crippen molar-refractivity contribution >= 4 is 6.21 Å². The molecule has 1 aromatic rings. The van der Waals surface area contributed by atoms with E-state index in [0.717, 1.165) is 0 Å². The molecule has 0 atom stereocenters. The van der Waals surface area contributed by atoms with Gasteiger partial charge in [-0.2, -0.15) is 0 Å². The summed E-state index contributed by atoms with van der Waals surface area (Å²) in [6.45, 7) is 0.186. The van der Waals surface area contributed by atoms with Crippen molar-refractivity contribution in [3.05, 3.63) is 17.7 Å². The Hall–Kier alpha value is -1.91. The summed E-state index contributed by atoms with van der Waals surface area (Å²) in [5.41, 5.74) is 0.689. The predicted octanol–water partition coefficient (Wildman–Crippen LogP) is 1.23. The highest BCUT2D eigenvalue weighted by Gasteiger charge is 2.19. The summed E-state index contributed by atoms with van der Waals surface area (Å²) >= 11 is 0. The standard InChI is InChI=1S/C9H9NO4/c1-12-7-2-6(4-10-11)3-8-9(7)14-5-13-8/h2-4,11H,5H2,1H3/b10-4-. The number of rotatable bonds is 2. The molecule has 0 saturated carbocycles. The molecule has 0 spiro atoms. The van der Waals surface area contributed by atoms with Crippen LogP contribution in [0.1, 0.15) is 5.56 Å². The van der Waals surface area contributed by atoms with Crippen LogP contribution in [0.15, 0.2) is 17.3 Å². The van der Waals surface area contributed by atoms with Crippen LogP contribution in [0.4, 0.5) is 0 Å². The first-order chi connectivity index (χ1) is 6.85. The highest BCUT2D eigenvalue weighted by molar-refractivity contribution is 5.82. The molecule has 0 radical (unpaired) electrons. The summed E-state index contributed by atoms with van der Waals surface area (Å²) in [6, 6.07) is 3.41. The molecule has 1 aliphatic rings. The third kappa shape index (κ3) is 1.32. The average Bonchev–Trinajstić information content (AvgIpc) is 2.65. The number of nitrogens with zero attached hydrogens (tertiary/aromatic N) is 1. The van der Waals surface area contributed by atoms with Crippen LogP contribution >= 0.6 is 0 Å². The van der Waals surface area contributed by atoms with E-state index >= 15 is 0 Å². The first-order valence-electron chi connectivity index (χ1n) is 4.00. The van der Waals surface area contributed by atoms with Crippen LogP contribution < -0.4 is 14.2 Å². The van der Waals surface area contributed by atoms with E-state index in [4.69, 9.17) is 19.4 Å². The number of benzene rings is 1. The van der Waals surface area contributed by atoms with Crippen molar-refractivity contribution < 1.29 is 19.4 Å². The minimum absolute atomic E-state index is 0.186. The van der Waals surface area contributed by atoms with E-state index in [1.807, 2.05) is 0 Å². The first-order valence-corrected chi connectivity index (χ1v) is 4.00. The third-order valence-electron chi connectivity index (χ3n) is 1.89. The molecule has 0 unspecified atom stereocenters. The summed E-state index contributed by atoms with van der Waals surface area (Å²) in [6.07, 6.45) is 1.30. The summed E-state index contributed by atoms with van der Waals surface area (Å²) in [7, 11) is 1.54. The Morgan fingerprint density at radius 2 is 2.36 bits per heavy atom. The lowest BCUT2D eigenvalue weighted by atomic mass is 10.2. The number of hydrogen-bond donors (Lipinski definition) is 1. The second-order valence-electron chi connectivity index (χ2n) is 2.70. The third-order valence-corrected chi connectivity index (χ3v) is 1.89. The minimum Gasteiger partial charge on any atom is -0.493 e. The van der Waals surface area contributed by atoms with Gasteiger partial charge in [0.2, 0.25) is 12.5 Å². The lowest BCUT2D eigenvalue weighted by Crippen LogP contribution is -1.93. The highest BCUT2D eigenvalue weighted by Crippen LogP contribution is 2.41. The fourth-order valence-corrected chi connectivity index (χ4v) is 1.29. The summed E-state index contributed by atoms with van der Waals surface area (Å²) < 4.78 is 15.5. The molecule has 0 bridgehead atoms. The molecule has 0 amide bonds. The average molecular weight is 195 g/mol. The van der Waals surface area contributed by atoms with Crippen LogP contribution in [0.2, 0.25) is 0 Å². The van der Waals surface area contributed by atoms with Gasteiger partial charge in [0.05, 0.1) is 13.3 Å². The van der Waals surface area contributed by atoms with Crippen molar-refractivity contribution in [3.8, 4) is 17.2 Å². The second-order valence-corrected chi connectivity index (χ2v) is 2.70. The fourth-order valence-electron chi connectivity index (χ4n) is 1.29. The van der Waals surface area contributed by atoms with Crippen molar-refractivity contribution in [2.45, 2.75) is 0 Å². The number of hydrogen-bond acceptors (Lipinski definition) is 5. The molecule has 0 fully saturated rings. The molecule has 5 nitrogen and oxygen atoms in total. The van der Waals surface area contributed by atoms with E-state index in [9.17, 15) is 0 Å². The maximum atomic E-state index is 8.39. The van der Waals surface area contributed by atoms with Gasteiger partial charge in [0, 0.05) is 5.56 Å². The molecule has 0 saturated heterocycles. The zero-order chi connectivity index (χ0) is 9.97. The van der Waals surface area contributed by atoms with Gasteiger partial charge in [-0.05, 0) is 12.1 Å². The van der Waals surface area contributed by atoms with Crippen LogP contribution in [-0.4, -0.2) is 25.3 Å². The van der Waals surface area contributed by atoms with Crippen molar-refractivity contribution in [1.29, 1.82) is 0 Å². The molecule has 1 heterocycles. The van der Waals surface area contributed by atoms with Crippen molar-refractivity contribution in [3.63, 3.8) is 0 Å². The number of ether oxygens (including phenoxy) is 3. The van der Waals surface area contributed by atoms with Gasteiger partial charge in [0.25, 0.3) is 0 Å². The predicted molar refractivity (Wildman–Crippen MR) is 48.5 cm³/mol. The minimum atomic E-state index is 0.186. The van der Waals surface area contributed by atoms with E-state index in [-0.39, 0.29) is 6.79 Å². The van der Waals surface area contributed by atoms with E-state index in [1.54, 1.807) is 12.1 Å². The van der Waals surface area contributed by atoms with Crippen LogP contribution in [-0.2, 0) is 0 Å². The molecule has 0 aliphatic carbocycles. The Balaban J connectivity index is 2.49. The van der Waals surface area contributed by atoms with Crippen molar-refractivity contribution in [2.75, 3.05) is 13.9 Å². The molecule has 1 N–H and O–H groups in total. The monoisotopic (exact) mass is 195 g/mol. The molecule has 14 heavy (non-hydrogen) atoms. The van der Waals surface area contributed by atoms with Crippen molar-refractivity contribution in [1.82, 2.24) is 0 Å². The van der Waals surface area contributed by atoms with Crippen molar-refractivity contribution in [2.24, 2.45) is 5.16 Å². The summed E-state index contributed by atoms with van der Waals surface area (Å²) in [5.74, 6) is 1.75. The molecule has 5 heteroatoms. The quantitative estimate of drug-likeness (QED) is 0.438. The van der Waals surface area contributed by atoms with Gasteiger partial charge in [0.1, 0.15) is 0 Å². The molecule has 1 aromatic carbocycles. The molecule has 0 aromatic heterocycles. The Kier molecular flexibility index (Phi) is 2.14. The maximum Gasteiger partial charge on any atom is 0.231 e. The van der Waals surface area contributed by atoms with Gasteiger partial charge in [-0.1, -0.05) is 5.16 Å². The van der Waals surface area contributed by atoms with Gasteiger partial charge in [-0.15, -0.1) is 0 Å². The Morgan fingerprint density at radius 3 is 3.07 bits per heavy atom. The van der Waals surface area contributed by atoms with Gasteiger partial charge in [-0.25, -0.2) is 0 Å². The largest absolute Gasteiger partial charge is 0.493 e. The van der Waals surface area contributed by atoms with Gasteiger partial charge in [0.15, 0.2) is 11.5 Å². The zero-order valence-corrected chi connectivity index (χ0v) is 7.56. The van der Waals surface area contributed by atoms with Crippen LogP contribution in [0.25, 0.3) is 0 Å². The second kappa shape index (κ2) is 3.45. The van der Waals surface area contributed by atoms with Gasteiger partial charge in [-0.3, -0.25) is 0 Å². The lowest BCUT2D eigenvalue weighted by molar-refractivity contribution is 0.171. The first kappa shape index (κ1) is 8.68. The Bertz CT molecular complexity index is 375. The number of methoxy groups -OCH3 is 1. The topological polar surface area (TPSA) is 60.3 Å². The van der Waals surface area contributed by atoms with E-state index < -0.39 is 0 Å². The number of oxime groups is 1. The van der Waals surface area contributed by atoms with Gasteiger partial charge < -0.3 is 19.4 Å². The van der Waals surface area contributed by atoms with Crippen LogP contribution in [0.5, 0.6) is 17.2 Å². The van der Waals surface area contributed by atoms with Crippen LogP contribution in [0, 0.1) is 0 Å². The maximum absolute atomic E-state index is 8.39. The van der Waals surface area contributed by atoms with Gasteiger partial charge >= 0.3 is 0 Å². The smallest absolute Gasteiger partial charge is 0.231 e. The summed E-state index contributed by atoms with van der Waals surface area (Å²) in [4.78, 5) is 0.